The van der Waals surface area contributed by atoms with E-state index in [0.29, 0.717) is 23.9 Å². The fraction of sp³-hybridized carbons (Fsp3) is 0.941. The Balaban J connectivity index is 1.52. The number of fused-ring (bicyclic) bond motifs is 2. The number of carbonyl (C=O) groups is 1. The van der Waals surface area contributed by atoms with Crippen molar-refractivity contribution >= 4 is 5.78 Å². The molecule has 2 saturated heterocycles. The summed E-state index contributed by atoms with van der Waals surface area (Å²) >= 11 is 0. The van der Waals surface area contributed by atoms with E-state index in [4.69, 9.17) is 4.74 Å². The zero-order chi connectivity index (χ0) is 13.5. The van der Waals surface area contributed by atoms with Gasteiger partial charge in [0.15, 0.2) is 0 Å². The summed E-state index contributed by atoms with van der Waals surface area (Å²) in [5, 5.41) is 0. The molecule has 2 aliphatic rings. The normalized spacial score (nSPS) is 29.6. The van der Waals surface area contributed by atoms with Crippen LogP contribution < -0.4 is 0 Å². The molecule has 0 spiro atoms. The molecule has 2 atom stereocenters. The molecule has 2 heteroatoms. The predicted octanol–water partition coefficient (Wildman–Crippen LogP) is 4.65. The van der Waals surface area contributed by atoms with Crippen molar-refractivity contribution in [1.29, 1.82) is 0 Å². The maximum atomic E-state index is 12.2. The summed E-state index contributed by atoms with van der Waals surface area (Å²) in [6, 6.07) is 0. The zero-order valence-corrected chi connectivity index (χ0v) is 12.5. The van der Waals surface area contributed by atoms with Crippen molar-refractivity contribution in [2.75, 3.05) is 0 Å². The Morgan fingerprint density at radius 2 is 1.53 bits per heavy atom. The Bertz CT molecular complexity index is 262. The number of hydrogen-bond acceptors (Lipinski definition) is 2. The van der Waals surface area contributed by atoms with Crippen molar-refractivity contribution in [2.24, 2.45) is 5.92 Å². The lowest BCUT2D eigenvalue weighted by Crippen LogP contribution is -2.29. The lowest BCUT2D eigenvalue weighted by molar-refractivity contribution is -0.128. The molecule has 19 heavy (non-hydrogen) atoms. The smallest absolute Gasteiger partial charge is 0.136 e. The summed E-state index contributed by atoms with van der Waals surface area (Å²) < 4.78 is 5.81. The number of rotatable bonds is 9. The van der Waals surface area contributed by atoms with E-state index < -0.39 is 0 Å². The number of unbranched alkanes of at least 4 members (excludes halogenated alkanes) is 6. The average molecular weight is 266 g/mol. The molecule has 110 valence electrons. The Morgan fingerprint density at radius 1 is 0.947 bits per heavy atom. The van der Waals surface area contributed by atoms with Crippen LogP contribution in [0.2, 0.25) is 0 Å². The molecule has 2 fully saturated rings. The summed E-state index contributed by atoms with van der Waals surface area (Å²) in [7, 11) is 0. The molecule has 0 aromatic carbocycles. The molecule has 0 aromatic rings. The van der Waals surface area contributed by atoms with Crippen LogP contribution in [0.4, 0.5) is 0 Å². The highest BCUT2D eigenvalue weighted by Gasteiger charge is 2.37. The second kappa shape index (κ2) is 8.04. The van der Waals surface area contributed by atoms with E-state index in [-0.39, 0.29) is 0 Å². The van der Waals surface area contributed by atoms with Gasteiger partial charge in [0.2, 0.25) is 0 Å². The molecule has 0 radical (unpaired) electrons. The SMILES string of the molecule is CCCCCCCCCC(=O)C1CC2CCC(C1)O2. The van der Waals surface area contributed by atoms with Gasteiger partial charge in [-0.05, 0) is 32.1 Å². The lowest BCUT2D eigenvalue weighted by atomic mass is 9.89. The van der Waals surface area contributed by atoms with Crippen molar-refractivity contribution in [3.05, 3.63) is 0 Å². The number of ether oxygens (including phenoxy) is 1. The molecule has 2 unspecified atom stereocenters. The number of hydrogen-bond donors (Lipinski definition) is 0. The molecule has 0 aromatic heterocycles. The highest BCUT2D eigenvalue weighted by atomic mass is 16.5. The van der Waals surface area contributed by atoms with E-state index in [1.54, 1.807) is 0 Å². The molecule has 2 heterocycles. The van der Waals surface area contributed by atoms with E-state index in [2.05, 4.69) is 6.92 Å². The van der Waals surface area contributed by atoms with Gasteiger partial charge in [0.1, 0.15) is 5.78 Å². The predicted molar refractivity (Wildman–Crippen MR) is 78.2 cm³/mol. The Morgan fingerprint density at radius 3 is 2.16 bits per heavy atom. The lowest BCUT2D eigenvalue weighted by Gasteiger charge is -2.27. The first-order valence-corrected chi connectivity index (χ1v) is 8.47. The van der Waals surface area contributed by atoms with Crippen LogP contribution in [0.1, 0.15) is 84.0 Å². The van der Waals surface area contributed by atoms with E-state index >= 15 is 0 Å². The van der Waals surface area contributed by atoms with Crippen LogP contribution >= 0.6 is 0 Å². The first kappa shape index (κ1) is 15.0. The van der Waals surface area contributed by atoms with Crippen molar-refractivity contribution in [3.63, 3.8) is 0 Å². The molecular weight excluding hydrogens is 236 g/mol. The third kappa shape index (κ3) is 4.91. The van der Waals surface area contributed by atoms with Crippen LogP contribution in [0.3, 0.4) is 0 Å². The van der Waals surface area contributed by atoms with Gasteiger partial charge in [-0.15, -0.1) is 0 Å². The molecule has 2 nitrogen and oxygen atoms in total. The zero-order valence-electron chi connectivity index (χ0n) is 12.5. The van der Waals surface area contributed by atoms with Gasteiger partial charge in [0.25, 0.3) is 0 Å². The molecular formula is C17H30O2. The standard InChI is InChI=1S/C17H30O2/c1-2-3-4-5-6-7-8-9-17(18)14-12-15-10-11-16(13-14)19-15/h14-16H,2-13H2,1H3. The Kier molecular flexibility index (Phi) is 6.36. The summed E-state index contributed by atoms with van der Waals surface area (Å²) in [6.07, 6.45) is 15.1. The van der Waals surface area contributed by atoms with Crippen LogP contribution in [0, 0.1) is 5.92 Å². The van der Waals surface area contributed by atoms with Crippen LogP contribution in [-0.4, -0.2) is 18.0 Å². The third-order valence-corrected chi connectivity index (χ3v) is 4.77. The quantitative estimate of drug-likeness (QED) is 0.568. The summed E-state index contributed by atoms with van der Waals surface area (Å²) in [5.41, 5.74) is 0. The highest BCUT2D eigenvalue weighted by molar-refractivity contribution is 5.81. The molecule has 0 N–H and O–H groups in total. The molecule has 2 bridgehead atoms. The van der Waals surface area contributed by atoms with E-state index in [1.807, 2.05) is 0 Å². The van der Waals surface area contributed by atoms with Crippen molar-refractivity contribution in [1.82, 2.24) is 0 Å². The second-order valence-electron chi connectivity index (χ2n) is 6.46. The van der Waals surface area contributed by atoms with Crippen molar-refractivity contribution < 1.29 is 9.53 Å². The Labute approximate surface area is 118 Å². The molecule has 0 aliphatic carbocycles. The first-order valence-electron chi connectivity index (χ1n) is 8.47. The van der Waals surface area contributed by atoms with Gasteiger partial charge in [-0.2, -0.15) is 0 Å². The molecule has 0 amide bonds. The van der Waals surface area contributed by atoms with Gasteiger partial charge in [-0.25, -0.2) is 0 Å². The average Bonchev–Trinajstić information content (AvgIpc) is 2.76. The summed E-state index contributed by atoms with van der Waals surface area (Å²) in [4.78, 5) is 12.2. The van der Waals surface area contributed by atoms with E-state index in [1.165, 1.54) is 51.4 Å². The number of carbonyl (C=O) groups excluding carboxylic acids is 1. The van der Waals surface area contributed by atoms with E-state index in [9.17, 15) is 4.79 Å². The largest absolute Gasteiger partial charge is 0.375 e. The van der Waals surface area contributed by atoms with Gasteiger partial charge in [0, 0.05) is 12.3 Å². The fourth-order valence-electron chi connectivity index (χ4n) is 3.58. The molecule has 2 aliphatic heterocycles. The topological polar surface area (TPSA) is 26.3 Å². The number of Topliss-reactive ketones (excluding diaryl/α,β-unsaturated/α-hetero) is 1. The van der Waals surface area contributed by atoms with Gasteiger partial charge in [-0.3, -0.25) is 4.79 Å². The second-order valence-corrected chi connectivity index (χ2v) is 6.46. The molecule has 0 saturated carbocycles. The minimum Gasteiger partial charge on any atom is -0.375 e. The summed E-state index contributed by atoms with van der Waals surface area (Å²) in [5.74, 6) is 0.847. The third-order valence-electron chi connectivity index (χ3n) is 4.77. The fourth-order valence-corrected chi connectivity index (χ4v) is 3.58. The highest BCUT2D eigenvalue weighted by Crippen LogP contribution is 2.36. The van der Waals surface area contributed by atoms with Gasteiger partial charge in [-0.1, -0.05) is 45.4 Å². The summed E-state index contributed by atoms with van der Waals surface area (Å²) in [6.45, 7) is 2.25. The van der Waals surface area contributed by atoms with Crippen LogP contribution in [0.15, 0.2) is 0 Å². The van der Waals surface area contributed by atoms with Gasteiger partial charge in [0.05, 0.1) is 12.2 Å². The van der Waals surface area contributed by atoms with Crippen LogP contribution in [0.25, 0.3) is 0 Å². The van der Waals surface area contributed by atoms with Crippen molar-refractivity contribution in [3.8, 4) is 0 Å². The first-order chi connectivity index (χ1) is 9.29. The minimum atomic E-state index is 0.325. The van der Waals surface area contributed by atoms with Gasteiger partial charge < -0.3 is 4.74 Å². The Hall–Kier alpha value is -0.370. The van der Waals surface area contributed by atoms with E-state index in [0.717, 1.165) is 25.7 Å². The van der Waals surface area contributed by atoms with Crippen LogP contribution in [-0.2, 0) is 9.53 Å². The monoisotopic (exact) mass is 266 g/mol. The van der Waals surface area contributed by atoms with Crippen LogP contribution in [0.5, 0.6) is 0 Å². The maximum Gasteiger partial charge on any atom is 0.136 e. The maximum absolute atomic E-state index is 12.2. The minimum absolute atomic E-state index is 0.325. The van der Waals surface area contributed by atoms with Crippen molar-refractivity contribution in [2.45, 2.75) is 96.2 Å². The van der Waals surface area contributed by atoms with Gasteiger partial charge >= 0.3 is 0 Å². The molecule has 2 rings (SSSR count). The number of ketones is 1.